The molecule has 4 heteroatoms. The molecule has 4 rings (SSSR count). The van der Waals surface area contributed by atoms with E-state index in [-0.39, 0.29) is 0 Å². The van der Waals surface area contributed by atoms with E-state index >= 15 is 0 Å². The topological polar surface area (TPSA) is 41.1 Å². The zero-order valence-corrected chi connectivity index (χ0v) is 14.4. The maximum atomic E-state index is 4.58. The Balaban J connectivity index is 1.77. The summed E-state index contributed by atoms with van der Waals surface area (Å²) in [7, 11) is 0. The second kappa shape index (κ2) is 6.36. The molecule has 1 aliphatic heterocycles. The Bertz CT molecular complexity index is 753. The lowest BCUT2D eigenvalue weighted by Gasteiger charge is -2.37. The molecule has 1 aromatic heterocycles. The molecule has 0 bridgehead atoms. The van der Waals surface area contributed by atoms with E-state index in [0.29, 0.717) is 12.1 Å². The summed E-state index contributed by atoms with van der Waals surface area (Å²) < 4.78 is 0. The highest BCUT2D eigenvalue weighted by molar-refractivity contribution is 5.70. The number of allylic oxidation sites excluding steroid dienone is 1. The van der Waals surface area contributed by atoms with Crippen molar-refractivity contribution in [1.82, 2.24) is 14.9 Å². The molecule has 1 aliphatic carbocycles. The number of rotatable bonds is 3. The molecule has 0 saturated heterocycles. The third kappa shape index (κ3) is 2.61. The van der Waals surface area contributed by atoms with Crippen molar-refractivity contribution < 1.29 is 0 Å². The van der Waals surface area contributed by atoms with Crippen LogP contribution in [-0.4, -0.2) is 27.5 Å². The number of hydrogen-bond donors (Lipinski definition) is 1. The molecule has 4 nitrogen and oxygen atoms in total. The van der Waals surface area contributed by atoms with Gasteiger partial charge in [0.2, 0.25) is 0 Å². The quantitative estimate of drug-likeness (QED) is 0.927. The van der Waals surface area contributed by atoms with Crippen LogP contribution in [0.3, 0.4) is 0 Å². The van der Waals surface area contributed by atoms with Gasteiger partial charge < -0.3 is 5.32 Å². The normalized spacial score (nSPS) is 23.0. The second-order valence-electron chi connectivity index (χ2n) is 6.72. The number of nitrogens with zero attached hydrogens (tertiary/aromatic N) is 3. The minimum absolute atomic E-state index is 0.347. The molecule has 0 fully saturated rings. The van der Waals surface area contributed by atoms with Gasteiger partial charge >= 0.3 is 0 Å². The van der Waals surface area contributed by atoms with Crippen molar-refractivity contribution in [2.45, 2.75) is 45.3 Å². The van der Waals surface area contributed by atoms with Crippen molar-refractivity contribution in [2.75, 3.05) is 11.9 Å². The summed E-state index contributed by atoms with van der Waals surface area (Å²) in [6.45, 7) is 6.33. The standard InChI is InChI=1S/C20H24N4/c1-3-16-11-21-20-18-17(10-9-14(2)19(18)22-13-23-20)24(16)12-15-7-5-4-6-8-15/h4-9,13,16-17H,3,10-12H2,1-2H3,(H,21,22,23)/t16-,17-/m1/s1. The predicted octanol–water partition coefficient (Wildman–Crippen LogP) is 4.03. The third-order valence-electron chi connectivity index (χ3n) is 5.29. The lowest BCUT2D eigenvalue weighted by molar-refractivity contribution is 0.130. The Morgan fingerprint density at radius 2 is 2.04 bits per heavy atom. The lowest BCUT2D eigenvalue weighted by Crippen LogP contribution is -2.40. The monoisotopic (exact) mass is 320 g/mol. The van der Waals surface area contributed by atoms with Gasteiger partial charge in [-0.05, 0) is 30.9 Å². The zero-order valence-electron chi connectivity index (χ0n) is 14.4. The van der Waals surface area contributed by atoms with Crippen molar-refractivity contribution >= 4 is 11.4 Å². The van der Waals surface area contributed by atoms with Crippen LogP contribution in [0.5, 0.6) is 0 Å². The average molecular weight is 320 g/mol. The van der Waals surface area contributed by atoms with Gasteiger partial charge in [0, 0.05) is 30.7 Å². The molecule has 1 N–H and O–H groups in total. The fourth-order valence-corrected chi connectivity index (χ4v) is 3.97. The van der Waals surface area contributed by atoms with Crippen LogP contribution in [0.25, 0.3) is 5.57 Å². The zero-order chi connectivity index (χ0) is 16.5. The third-order valence-corrected chi connectivity index (χ3v) is 5.29. The molecule has 2 heterocycles. The first kappa shape index (κ1) is 15.3. The molecule has 2 aromatic rings. The molecule has 124 valence electrons. The Morgan fingerprint density at radius 3 is 2.83 bits per heavy atom. The Labute approximate surface area is 143 Å². The van der Waals surface area contributed by atoms with Gasteiger partial charge in [0.05, 0.1) is 5.69 Å². The van der Waals surface area contributed by atoms with Crippen molar-refractivity contribution in [3.05, 3.63) is 59.6 Å². The fraction of sp³-hybridized carbons (Fsp3) is 0.400. The van der Waals surface area contributed by atoms with Crippen molar-refractivity contribution in [3.8, 4) is 0 Å². The molecular weight excluding hydrogens is 296 g/mol. The van der Waals surface area contributed by atoms with Crippen LogP contribution in [0.1, 0.15) is 49.6 Å². The average Bonchev–Trinajstić information content (AvgIpc) is 2.77. The smallest absolute Gasteiger partial charge is 0.134 e. The van der Waals surface area contributed by atoms with E-state index in [0.717, 1.165) is 37.4 Å². The van der Waals surface area contributed by atoms with Gasteiger partial charge in [-0.3, -0.25) is 4.90 Å². The molecule has 2 aliphatic rings. The summed E-state index contributed by atoms with van der Waals surface area (Å²) in [6, 6.07) is 11.6. The van der Waals surface area contributed by atoms with Crippen molar-refractivity contribution in [2.24, 2.45) is 0 Å². The maximum Gasteiger partial charge on any atom is 0.134 e. The van der Waals surface area contributed by atoms with Crippen LogP contribution in [0.2, 0.25) is 0 Å². The van der Waals surface area contributed by atoms with Crippen LogP contribution in [0, 0.1) is 0 Å². The van der Waals surface area contributed by atoms with E-state index in [2.05, 4.69) is 70.4 Å². The summed E-state index contributed by atoms with van der Waals surface area (Å²) in [4.78, 5) is 11.8. The van der Waals surface area contributed by atoms with Gasteiger partial charge in [0.25, 0.3) is 0 Å². The van der Waals surface area contributed by atoms with E-state index in [1.54, 1.807) is 6.33 Å². The Hall–Kier alpha value is -2.20. The Kier molecular flexibility index (Phi) is 4.07. The van der Waals surface area contributed by atoms with Gasteiger partial charge in [-0.25, -0.2) is 9.97 Å². The largest absolute Gasteiger partial charge is 0.368 e. The maximum absolute atomic E-state index is 4.58. The van der Waals surface area contributed by atoms with Gasteiger partial charge in [-0.15, -0.1) is 0 Å². The molecule has 0 radical (unpaired) electrons. The fourth-order valence-electron chi connectivity index (χ4n) is 3.97. The minimum atomic E-state index is 0.347. The summed E-state index contributed by atoms with van der Waals surface area (Å²) in [6.07, 6.45) is 6.18. The second-order valence-corrected chi connectivity index (χ2v) is 6.72. The number of nitrogens with one attached hydrogen (secondary N) is 1. The number of anilines is 1. The highest BCUT2D eigenvalue weighted by Gasteiger charge is 2.35. The first-order valence-corrected chi connectivity index (χ1v) is 8.83. The van der Waals surface area contributed by atoms with E-state index in [9.17, 15) is 0 Å². The van der Waals surface area contributed by atoms with E-state index < -0.39 is 0 Å². The van der Waals surface area contributed by atoms with Crippen molar-refractivity contribution in [3.63, 3.8) is 0 Å². The summed E-state index contributed by atoms with van der Waals surface area (Å²) in [5.41, 5.74) is 5.02. The van der Waals surface area contributed by atoms with E-state index in [4.69, 9.17) is 0 Å². The Morgan fingerprint density at radius 1 is 1.21 bits per heavy atom. The van der Waals surface area contributed by atoms with Gasteiger partial charge in [-0.1, -0.05) is 43.3 Å². The molecule has 0 amide bonds. The number of aromatic nitrogens is 2. The SMILES string of the molecule is CC[C@@H]1CNc2ncnc3c2[C@@H](CC=C3C)N1Cc1ccccc1. The highest BCUT2D eigenvalue weighted by Crippen LogP contribution is 2.42. The van der Waals surface area contributed by atoms with Crippen LogP contribution < -0.4 is 5.32 Å². The summed E-state index contributed by atoms with van der Waals surface area (Å²) in [5, 5.41) is 3.58. The first-order chi connectivity index (χ1) is 11.8. The van der Waals surface area contributed by atoms with Crippen LogP contribution in [0.15, 0.2) is 42.7 Å². The van der Waals surface area contributed by atoms with E-state index in [1.807, 2.05) is 0 Å². The lowest BCUT2D eigenvalue weighted by atomic mass is 9.90. The van der Waals surface area contributed by atoms with Crippen LogP contribution >= 0.6 is 0 Å². The molecule has 0 saturated carbocycles. The van der Waals surface area contributed by atoms with Gasteiger partial charge in [-0.2, -0.15) is 0 Å². The van der Waals surface area contributed by atoms with Crippen molar-refractivity contribution in [1.29, 1.82) is 0 Å². The molecule has 2 atom stereocenters. The van der Waals surface area contributed by atoms with Crippen LogP contribution in [0.4, 0.5) is 5.82 Å². The number of benzene rings is 1. The number of hydrogen-bond acceptors (Lipinski definition) is 4. The molecule has 0 unspecified atom stereocenters. The molecule has 1 aromatic carbocycles. The van der Waals surface area contributed by atoms with Gasteiger partial charge in [0.15, 0.2) is 0 Å². The van der Waals surface area contributed by atoms with Crippen LogP contribution in [-0.2, 0) is 6.54 Å². The first-order valence-electron chi connectivity index (χ1n) is 8.83. The highest BCUT2D eigenvalue weighted by atomic mass is 15.2. The summed E-state index contributed by atoms with van der Waals surface area (Å²) >= 11 is 0. The summed E-state index contributed by atoms with van der Waals surface area (Å²) in [5.74, 6) is 1.02. The molecule has 24 heavy (non-hydrogen) atoms. The molecule has 0 spiro atoms. The predicted molar refractivity (Wildman–Crippen MR) is 97.6 cm³/mol. The van der Waals surface area contributed by atoms with E-state index in [1.165, 1.54) is 16.7 Å². The minimum Gasteiger partial charge on any atom is -0.368 e. The molecular formula is C20H24N4. The van der Waals surface area contributed by atoms with Gasteiger partial charge in [0.1, 0.15) is 12.1 Å².